The second kappa shape index (κ2) is 8.58. The number of ether oxygens (including phenoxy) is 2. The van der Waals surface area contributed by atoms with Gasteiger partial charge < -0.3 is 14.8 Å². The van der Waals surface area contributed by atoms with Gasteiger partial charge in [0.1, 0.15) is 11.3 Å². The van der Waals surface area contributed by atoms with Crippen molar-refractivity contribution in [1.82, 2.24) is 0 Å². The van der Waals surface area contributed by atoms with E-state index in [1.54, 1.807) is 0 Å². The van der Waals surface area contributed by atoms with Crippen molar-refractivity contribution in [1.29, 1.82) is 5.26 Å². The van der Waals surface area contributed by atoms with Gasteiger partial charge in [-0.25, -0.2) is 4.79 Å². The molecule has 8 heteroatoms. The lowest BCUT2D eigenvalue weighted by atomic mass is 10.2. The lowest BCUT2D eigenvalue weighted by Gasteiger charge is -2.15. The fraction of sp³-hybridized carbons (Fsp3) is 0.167. The van der Waals surface area contributed by atoms with Crippen LogP contribution in [0.15, 0.2) is 48.5 Å². The van der Waals surface area contributed by atoms with E-state index in [0.29, 0.717) is 11.3 Å². The first kappa shape index (κ1) is 18.9. The minimum absolute atomic E-state index is 0.217. The number of halogens is 2. The van der Waals surface area contributed by atoms with Gasteiger partial charge in [-0.1, -0.05) is 12.1 Å². The molecule has 0 radical (unpaired) electrons. The summed E-state index contributed by atoms with van der Waals surface area (Å²) in [6.07, 6.45) is -1.18. The van der Waals surface area contributed by atoms with Gasteiger partial charge in [-0.05, 0) is 43.3 Å². The molecule has 0 aliphatic carbocycles. The van der Waals surface area contributed by atoms with E-state index in [0.717, 1.165) is 0 Å². The number of para-hydroxylation sites is 1. The molecule has 2 rings (SSSR count). The van der Waals surface area contributed by atoms with Crippen LogP contribution >= 0.6 is 0 Å². The number of nitrogens with zero attached hydrogens (tertiary/aromatic N) is 1. The van der Waals surface area contributed by atoms with E-state index >= 15 is 0 Å². The maximum absolute atomic E-state index is 12.4. The van der Waals surface area contributed by atoms with Gasteiger partial charge >= 0.3 is 12.6 Å². The number of anilines is 1. The molecular weight excluding hydrogens is 346 g/mol. The van der Waals surface area contributed by atoms with Crippen molar-refractivity contribution in [2.24, 2.45) is 0 Å². The SMILES string of the molecule is C[C@@H](OC(=O)c1ccccc1OC(F)F)C(=O)Nc1ccc(C#N)cc1. The van der Waals surface area contributed by atoms with Crippen LogP contribution in [0.1, 0.15) is 22.8 Å². The molecule has 0 fully saturated rings. The first-order valence-corrected chi connectivity index (χ1v) is 7.46. The standard InChI is InChI=1S/C18H14F2N2O4/c1-11(16(23)22-13-8-6-12(10-21)7-9-13)25-17(24)14-4-2-3-5-15(14)26-18(19)20/h2-9,11,18H,1H3,(H,22,23)/t11-/m1/s1. The maximum Gasteiger partial charge on any atom is 0.387 e. The smallest absolute Gasteiger partial charge is 0.387 e. The van der Waals surface area contributed by atoms with Crippen molar-refractivity contribution >= 4 is 17.6 Å². The molecule has 0 unspecified atom stereocenters. The number of carbonyl (C=O) groups excluding carboxylic acids is 2. The summed E-state index contributed by atoms with van der Waals surface area (Å²) >= 11 is 0. The summed E-state index contributed by atoms with van der Waals surface area (Å²) < 4.78 is 34.1. The Bertz CT molecular complexity index is 832. The maximum atomic E-state index is 12.4. The molecule has 2 aromatic rings. The third-order valence-corrected chi connectivity index (χ3v) is 3.26. The highest BCUT2D eigenvalue weighted by Crippen LogP contribution is 2.21. The zero-order chi connectivity index (χ0) is 19.1. The van der Waals surface area contributed by atoms with Crippen molar-refractivity contribution in [3.8, 4) is 11.8 Å². The summed E-state index contributed by atoms with van der Waals surface area (Å²) in [5, 5.41) is 11.3. The first-order chi connectivity index (χ1) is 12.4. The molecule has 0 heterocycles. The Kier molecular flexibility index (Phi) is 6.22. The molecule has 6 nitrogen and oxygen atoms in total. The number of esters is 1. The summed E-state index contributed by atoms with van der Waals surface area (Å²) in [6, 6.07) is 13.4. The van der Waals surface area contributed by atoms with Gasteiger partial charge in [0.25, 0.3) is 5.91 Å². The number of nitrogens with one attached hydrogen (secondary N) is 1. The van der Waals surface area contributed by atoms with E-state index in [4.69, 9.17) is 10.00 Å². The van der Waals surface area contributed by atoms with Crippen LogP contribution in [0.25, 0.3) is 0 Å². The summed E-state index contributed by atoms with van der Waals surface area (Å²) in [6.45, 7) is -1.76. The molecule has 2 aromatic carbocycles. The van der Waals surface area contributed by atoms with Crippen LogP contribution in [0.3, 0.4) is 0 Å². The van der Waals surface area contributed by atoms with Gasteiger partial charge in [0.2, 0.25) is 0 Å². The summed E-state index contributed by atoms with van der Waals surface area (Å²) in [5.41, 5.74) is 0.627. The minimum atomic E-state index is -3.10. The average molecular weight is 360 g/mol. The third-order valence-electron chi connectivity index (χ3n) is 3.26. The Labute approximate surface area is 148 Å². The third kappa shape index (κ3) is 5.01. The van der Waals surface area contributed by atoms with Gasteiger partial charge in [0.05, 0.1) is 11.6 Å². The number of hydrogen-bond donors (Lipinski definition) is 1. The van der Waals surface area contributed by atoms with E-state index in [2.05, 4.69) is 10.1 Å². The molecule has 0 aliphatic heterocycles. The lowest BCUT2D eigenvalue weighted by molar-refractivity contribution is -0.123. The molecule has 26 heavy (non-hydrogen) atoms. The summed E-state index contributed by atoms with van der Waals surface area (Å²) in [5.74, 6) is -1.92. The number of nitriles is 1. The highest BCUT2D eigenvalue weighted by atomic mass is 19.3. The molecule has 1 atom stereocenters. The van der Waals surface area contributed by atoms with Gasteiger partial charge in [0.15, 0.2) is 6.10 Å². The van der Waals surface area contributed by atoms with Crippen LogP contribution < -0.4 is 10.1 Å². The van der Waals surface area contributed by atoms with Crippen LogP contribution in [0.5, 0.6) is 5.75 Å². The van der Waals surface area contributed by atoms with Crippen LogP contribution in [-0.2, 0) is 9.53 Å². The fourth-order valence-corrected chi connectivity index (χ4v) is 1.98. The molecule has 1 N–H and O–H groups in total. The number of carbonyl (C=O) groups is 2. The number of hydrogen-bond acceptors (Lipinski definition) is 5. The fourth-order valence-electron chi connectivity index (χ4n) is 1.98. The Morgan fingerprint density at radius 1 is 1.12 bits per heavy atom. The van der Waals surface area contributed by atoms with Crippen LogP contribution in [0, 0.1) is 11.3 Å². The van der Waals surface area contributed by atoms with Gasteiger partial charge in [-0.2, -0.15) is 14.0 Å². The monoisotopic (exact) mass is 360 g/mol. The molecule has 0 aliphatic rings. The first-order valence-electron chi connectivity index (χ1n) is 7.46. The highest BCUT2D eigenvalue weighted by Gasteiger charge is 2.22. The van der Waals surface area contributed by atoms with Crippen molar-refractivity contribution in [3.63, 3.8) is 0 Å². The largest absolute Gasteiger partial charge is 0.449 e. The van der Waals surface area contributed by atoms with E-state index in [9.17, 15) is 18.4 Å². The summed E-state index contributed by atoms with van der Waals surface area (Å²) in [7, 11) is 0. The molecular formula is C18H14F2N2O4. The zero-order valence-electron chi connectivity index (χ0n) is 13.6. The molecule has 1 amide bonds. The number of benzene rings is 2. The Hall–Kier alpha value is -3.47. The van der Waals surface area contributed by atoms with Crippen LogP contribution in [0.4, 0.5) is 14.5 Å². The van der Waals surface area contributed by atoms with E-state index in [-0.39, 0.29) is 11.3 Å². The molecule has 0 aromatic heterocycles. The van der Waals surface area contributed by atoms with Gasteiger partial charge in [0, 0.05) is 5.69 Å². The Morgan fingerprint density at radius 2 is 1.77 bits per heavy atom. The van der Waals surface area contributed by atoms with E-state index in [1.807, 2.05) is 6.07 Å². The molecule has 0 spiro atoms. The second-order valence-electron chi connectivity index (χ2n) is 5.10. The van der Waals surface area contributed by atoms with Gasteiger partial charge in [-0.3, -0.25) is 4.79 Å². The number of rotatable bonds is 6. The van der Waals surface area contributed by atoms with Crippen molar-refractivity contribution in [3.05, 3.63) is 59.7 Å². The van der Waals surface area contributed by atoms with Crippen molar-refractivity contribution in [2.45, 2.75) is 19.6 Å². The average Bonchev–Trinajstić information content (AvgIpc) is 2.62. The Balaban J connectivity index is 2.02. The lowest BCUT2D eigenvalue weighted by Crippen LogP contribution is -2.30. The predicted molar refractivity (Wildman–Crippen MR) is 87.7 cm³/mol. The van der Waals surface area contributed by atoms with Crippen molar-refractivity contribution < 1.29 is 27.8 Å². The Morgan fingerprint density at radius 3 is 2.38 bits per heavy atom. The molecule has 0 saturated carbocycles. The molecule has 134 valence electrons. The number of alkyl halides is 2. The van der Waals surface area contributed by atoms with E-state index in [1.165, 1.54) is 55.5 Å². The normalized spacial score (nSPS) is 11.3. The molecule has 0 saturated heterocycles. The van der Waals surface area contributed by atoms with E-state index < -0.39 is 24.6 Å². The summed E-state index contributed by atoms with van der Waals surface area (Å²) in [4.78, 5) is 24.2. The van der Waals surface area contributed by atoms with Gasteiger partial charge in [-0.15, -0.1) is 0 Å². The highest BCUT2D eigenvalue weighted by molar-refractivity contribution is 5.98. The topological polar surface area (TPSA) is 88.4 Å². The molecule has 0 bridgehead atoms. The van der Waals surface area contributed by atoms with Crippen LogP contribution in [-0.4, -0.2) is 24.6 Å². The number of amides is 1. The van der Waals surface area contributed by atoms with Crippen molar-refractivity contribution in [2.75, 3.05) is 5.32 Å². The minimum Gasteiger partial charge on any atom is -0.449 e. The quantitative estimate of drug-likeness (QED) is 0.798. The predicted octanol–water partition coefficient (Wildman–Crippen LogP) is 3.34. The zero-order valence-corrected chi connectivity index (χ0v) is 13.6. The van der Waals surface area contributed by atoms with Crippen LogP contribution in [0.2, 0.25) is 0 Å². The second-order valence-corrected chi connectivity index (χ2v) is 5.10.